The van der Waals surface area contributed by atoms with E-state index in [0.29, 0.717) is 10.6 Å². The molecule has 0 bridgehead atoms. The van der Waals surface area contributed by atoms with E-state index in [9.17, 15) is 9.90 Å². The van der Waals surface area contributed by atoms with Crippen LogP contribution in [0.25, 0.3) is 0 Å². The molecule has 1 unspecified atom stereocenters. The first-order valence-electron chi connectivity index (χ1n) is 3.95. The number of benzene rings is 1. The fraction of sp³-hybridized carbons (Fsp3) is 0.222. The number of halogens is 1. The third-order valence-electron chi connectivity index (χ3n) is 1.62. The highest BCUT2D eigenvalue weighted by atomic mass is 35.5. The molecule has 1 amide bonds. The lowest BCUT2D eigenvalue weighted by atomic mass is 10.1. The van der Waals surface area contributed by atoms with Gasteiger partial charge >= 0.3 is 6.09 Å². The number of carbonyl (C=O) groups is 1. The molecular weight excluding hydrogens is 206 g/mol. The molecule has 14 heavy (non-hydrogen) atoms. The van der Waals surface area contributed by atoms with Crippen LogP contribution in [0, 0.1) is 0 Å². The van der Waals surface area contributed by atoms with Crippen LogP contribution < -0.4 is 5.73 Å². The van der Waals surface area contributed by atoms with E-state index >= 15 is 0 Å². The van der Waals surface area contributed by atoms with Crippen LogP contribution in [-0.4, -0.2) is 17.8 Å². The fourth-order valence-corrected chi connectivity index (χ4v) is 1.17. The fourth-order valence-electron chi connectivity index (χ4n) is 0.971. The number of carbonyl (C=O) groups excluding carboxylic acids is 1. The van der Waals surface area contributed by atoms with Crippen LogP contribution in [0.4, 0.5) is 4.79 Å². The maximum Gasteiger partial charge on any atom is 0.404 e. The number of amides is 1. The number of aliphatic hydroxyl groups is 1. The number of ether oxygens (including phenoxy) is 1. The van der Waals surface area contributed by atoms with Crippen LogP contribution >= 0.6 is 11.6 Å². The molecule has 0 radical (unpaired) electrons. The molecule has 0 aromatic heterocycles. The monoisotopic (exact) mass is 215 g/mol. The summed E-state index contributed by atoms with van der Waals surface area (Å²) in [6.07, 6.45) is -1.81. The second-order valence-electron chi connectivity index (χ2n) is 2.70. The second kappa shape index (κ2) is 4.83. The Kier molecular flexibility index (Phi) is 3.73. The lowest BCUT2D eigenvalue weighted by molar-refractivity contribution is 0.0729. The molecule has 5 heteroatoms. The Balaban J connectivity index is 2.60. The lowest BCUT2D eigenvalue weighted by Gasteiger charge is -2.10. The summed E-state index contributed by atoms with van der Waals surface area (Å²) in [4.78, 5) is 10.3. The Labute approximate surface area is 86.2 Å². The van der Waals surface area contributed by atoms with Gasteiger partial charge in [-0.1, -0.05) is 23.7 Å². The first kappa shape index (κ1) is 10.8. The number of aliphatic hydroxyl groups excluding tert-OH is 1. The van der Waals surface area contributed by atoms with Crippen molar-refractivity contribution in [3.05, 3.63) is 34.9 Å². The molecule has 0 aliphatic carbocycles. The zero-order valence-corrected chi connectivity index (χ0v) is 8.07. The molecular formula is C9H10ClNO3. The van der Waals surface area contributed by atoms with Gasteiger partial charge in [0, 0.05) is 5.02 Å². The molecule has 0 aliphatic rings. The minimum Gasteiger partial charge on any atom is -0.447 e. The maximum absolute atomic E-state index is 10.3. The molecule has 1 aromatic carbocycles. The SMILES string of the molecule is NC(=O)OCC(O)c1cccc(Cl)c1. The van der Waals surface area contributed by atoms with E-state index in [1.54, 1.807) is 24.3 Å². The molecule has 0 saturated heterocycles. The van der Waals surface area contributed by atoms with Crippen molar-refractivity contribution in [2.24, 2.45) is 5.73 Å². The Morgan fingerprint density at radius 2 is 2.36 bits per heavy atom. The Morgan fingerprint density at radius 1 is 1.64 bits per heavy atom. The smallest absolute Gasteiger partial charge is 0.404 e. The van der Waals surface area contributed by atoms with Crippen molar-refractivity contribution >= 4 is 17.7 Å². The molecule has 0 saturated carbocycles. The Morgan fingerprint density at radius 3 is 2.93 bits per heavy atom. The van der Waals surface area contributed by atoms with Gasteiger partial charge < -0.3 is 15.6 Å². The van der Waals surface area contributed by atoms with E-state index in [1.807, 2.05) is 0 Å². The number of primary amides is 1. The van der Waals surface area contributed by atoms with Crippen LogP contribution in [0.3, 0.4) is 0 Å². The zero-order valence-electron chi connectivity index (χ0n) is 7.31. The molecule has 76 valence electrons. The molecule has 1 aromatic rings. The lowest BCUT2D eigenvalue weighted by Crippen LogP contribution is -2.17. The summed E-state index contributed by atoms with van der Waals surface area (Å²) in [5.74, 6) is 0. The predicted octanol–water partition coefficient (Wildman–Crippen LogP) is 1.47. The second-order valence-corrected chi connectivity index (χ2v) is 3.14. The standard InChI is InChI=1S/C9H10ClNO3/c10-7-3-1-2-6(4-7)8(12)5-14-9(11)13/h1-4,8,12H,5H2,(H2,11,13). The number of nitrogens with two attached hydrogens (primary N) is 1. The van der Waals surface area contributed by atoms with Crippen LogP contribution in [-0.2, 0) is 4.74 Å². The summed E-state index contributed by atoms with van der Waals surface area (Å²) < 4.78 is 4.44. The van der Waals surface area contributed by atoms with E-state index in [1.165, 1.54) is 0 Å². The topological polar surface area (TPSA) is 72.6 Å². The van der Waals surface area contributed by atoms with Gasteiger partial charge in [-0.25, -0.2) is 4.79 Å². The first-order valence-corrected chi connectivity index (χ1v) is 4.33. The Hall–Kier alpha value is -1.26. The normalized spacial score (nSPS) is 12.1. The van der Waals surface area contributed by atoms with E-state index in [-0.39, 0.29) is 6.61 Å². The van der Waals surface area contributed by atoms with E-state index in [4.69, 9.17) is 17.3 Å². The summed E-state index contributed by atoms with van der Waals surface area (Å²) in [7, 11) is 0. The summed E-state index contributed by atoms with van der Waals surface area (Å²) >= 11 is 5.71. The van der Waals surface area contributed by atoms with Crippen molar-refractivity contribution in [3.8, 4) is 0 Å². The third-order valence-corrected chi connectivity index (χ3v) is 1.85. The molecule has 0 heterocycles. The molecule has 4 nitrogen and oxygen atoms in total. The highest BCUT2D eigenvalue weighted by Gasteiger charge is 2.09. The average molecular weight is 216 g/mol. The van der Waals surface area contributed by atoms with Crippen molar-refractivity contribution in [2.75, 3.05) is 6.61 Å². The van der Waals surface area contributed by atoms with Crippen molar-refractivity contribution in [1.82, 2.24) is 0 Å². The van der Waals surface area contributed by atoms with Gasteiger partial charge in [-0.15, -0.1) is 0 Å². The van der Waals surface area contributed by atoms with Gasteiger partial charge in [0.25, 0.3) is 0 Å². The van der Waals surface area contributed by atoms with Crippen LogP contribution in [0.15, 0.2) is 24.3 Å². The van der Waals surface area contributed by atoms with Crippen LogP contribution in [0.2, 0.25) is 5.02 Å². The molecule has 0 fully saturated rings. The zero-order chi connectivity index (χ0) is 10.6. The van der Waals surface area contributed by atoms with Gasteiger partial charge in [0.05, 0.1) is 0 Å². The van der Waals surface area contributed by atoms with Crippen LogP contribution in [0.1, 0.15) is 11.7 Å². The average Bonchev–Trinajstić information content (AvgIpc) is 2.14. The molecule has 3 N–H and O–H groups in total. The molecule has 1 atom stereocenters. The van der Waals surface area contributed by atoms with Crippen molar-refractivity contribution < 1.29 is 14.6 Å². The molecule has 0 aliphatic heterocycles. The minimum absolute atomic E-state index is 0.171. The molecule has 1 rings (SSSR count). The van der Waals surface area contributed by atoms with E-state index in [2.05, 4.69) is 4.74 Å². The van der Waals surface area contributed by atoms with Crippen molar-refractivity contribution in [3.63, 3.8) is 0 Å². The summed E-state index contributed by atoms with van der Waals surface area (Å²) in [6.45, 7) is -0.171. The van der Waals surface area contributed by atoms with Gasteiger partial charge in [-0.2, -0.15) is 0 Å². The summed E-state index contributed by atoms with van der Waals surface area (Å²) in [6, 6.07) is 6.66. The number of rotatable bonds is 3. The highest BCUT2D eigenvalue weighted by molar-refractivity contribution is 6.30. The number of hydrogen-bond donors (Lipinski definition) is 2. The highest BCUT2D eigenvalue weighted by Crippen LogP contribution is 2.17. The van der Waals surface area contributed by atoms with Gasteiger partial charge in [-0.3, -0.25) is 0 Å². The van der Waals surface area contributed by atoms with E-state index < -0.39 is 12.2 Å². The number of hydrogen-bond acceptors (Lipinski definition) is 3. The summed E-state index contributed by atoms with van der Waals surface area (Å²) in [5.41, 5.74) is 5.33. The Bertz CT molecular complexity index is 330. The maximum atomic E-state index is 10.3. The van der Waals surface area contributed by atoms with Crippen molar-refractivity contribution in [1.29, 1.82) is 0 Å². The predicted molar refractivity (Wildman–Crippen MR) is 51.9 cm³/mol. The molecule has 0 spiro atoms. The van der Waals surface area contributed by atoms with Gasteiger partial charge in [0.1, 0.15) is 12.7 Å². The third kappa shape index (κ3) is 3.24. The summed E-state index contributed by atoms with van der Waals surface area (Å²) in [5, 5.41) is 10.0. The largest absolute Gasteiger partial charge is 0.447 e. The van der Waals surface area contributed by atoms with Crippen LogP contribution in [0.5, 0.6) is 0 Å². The first-order chi connectivity index (χ1) is 6.59. The van der Waals surface area contributed by atoms with E-state index in [0.717, 1.165) is 0 Å². The van der Waals surface area contributed by atoms with Gasteiger partial charge in [0.15, 0.2) is 0 Å². The quantitative estimate of drug-likeness (QED) is 0.802. The van der Waals surface area contributed by atoms with Gasteiger partial charge in [0.2, 0.25) is 0 Å². The van der Waals surface area contributed by atoms with Crippen molar-refractivity contribution in [2.45, 2.75) is 6.10 Å². The minimum atomic E-state index is -0.911. The van der Waals surface area contributed by atoms with Gasteiger partial charge in [-0.05, 0) is 17.7 Å².